The molecule has 0 saturated carbocycles. The zero-order valence-electron chi connectivity index (χ0n) is 10.9. The van der Waals surface area contributed by atoms with E-state index in [0.717, 1.165) is 30.4 Å². The zero-order chi connectivity index (χ0) is 14.3. The van der Waals surface area contributed by atoms with Gasteiger partial charge in [0.1, 0.15) is 0 Å². The van der Waals surface area contributed by atoms with Gasteiger partial charge in [0.05, 0.1) is 0 Å². The fourth-order valence-corrected chi connectivity index (χ4v) is 1.96. The van der Waals surface area contributed by atoms with E-state index in [1.165, 1.54) is 0 Å². The molecule has 0 aliphatic rings. The minimum Gasteiger partial charge on any atom is -0.481 e. The van der Waals surface area contributed by atoms with Crippen molar-refractivity contribution in [2.75, 3.05) is 0 Å². The first-order valence-electron chi connectivity index (χ1n) is 6.31. The lowest BCUT2D eigenvalue weighted by Crippen LogP contribution is -2.14. The molecule has 0 radical (unpaired) electrons. The number of benzene rings is 1. The quantitative estimate of drug-likeness (QED) is 0.706. The molecule has 0 fully saturated rings. The summed E-state index contributed by atoms with van der Waals surface area (Å²) in [5, 5.41) is 8.54. The molecule has 0 heterocycles. The van der Waals surface area contributed by atoms with Crippen LogP contribution in [-0.2, 0) is 11.2 Å². The van der Waals surface area contributed by atoms with Gasteiger partial charge in [0.15, 0.2) is 0 Å². The molecule has 1 aromatic carbocycles. The van der Waals surface area contributed by atoms with E-state index in [2.05, 4.69) is 6.58 Å². The van der Waals surface area contributed by atoms with Crippen LogP contribution in [0.1, 0.15) is 47.2 Å². The summed E-state index contributed by atoms with van der Waals surface area (Å²) < 4.78 is 0. The normalized spacial score (nSPS) is 10.1. The summed E-state index contributed by atoms with van der Waals surface area (Å²) in [6, 6.07) is 5.43. The van der Waals surface area contributed by atoms with Gasteiger partial charge >= 0.3 is 5.97 Å². The second kappa shape index (κ2) is 7.36. The number of primary amides is 1. The summed E-state index contributed by atoms with van der Waals surface area (Å²) in [5.41, 5.74) is 7.72. The van der Waals surface area contributed by atoms with Crippen LogP contribution in [0, 0.1) is 0 Å². The van der Waals surface area contributed by atoms with Gasteiger partial charge in [-0.05, 0) is 36.5 Å². The van der Waals surface area contributed by atoms with Crippen LogP contribution < -0.4 is 5.73 Å². The summed E-state index contributed by atoms with van der Waals surface area (Å²) in [6.45, 7) is 3.69. The van der Waals surface area contributed by atoms with Crippen LogP contribution in [0.4, 0.5) is 0 Å². The molecule has 3 N–H and O–H groups in total. The second-order valence-corrected chi connectivity index (χ2v) is 4.44. The lowest BCUT2D eigenvalue weighted by molar-refractivity contribution is -0.137. The summed E-state index contributed by atoms with van der Waals surface area (Å²) in [5.74, 6) is -1.21. The Morgan fingerprint density at radius 3 is 2.58 bits per heavy atom. The highest BCUT2D eigenvalue weighted by molar-refractivity contribution is 5.94. The predicted octanol–water partition coefficient (Wildman–Crippen LogP) is 2.62. The zero-order valence-corrected chi connectivity index (χ0v) is 10.9. The Morgan fingerprint density at radius 2 is 2.00 bits per heavy atom. The molecule has 4 heteroatoms. The summed E-state index contributed by atoms with van der Waals surface area (Å²) >= 11 is 0. The monoisotopic (exact) mass is 261 g/mol. The van der Waals surface area contributed by atoms with Crippen LogP contribution in [0.5, 0.6) is 0 Å². The molecule has 1 rings (SSSR count). The minimum atomic E-state index is -0.772. The largest absolute Gasteiger partial charge is 0.481 e. The third-order valence-electron chi connectivity index (χ3n) is 2.97. The summed E-state index contributed by atoms with van der Waals surface area (Å²) in [6.07, 6.45) is 4.95. The van der Waals surface area contributed by atoms with Gasteiger partial charge < -0.3 is 10.8 Å². The molecule has 0 unspecified atom stereocenters. The smallest absolute Gasteiger partial charge is 0.303 e. The minimum absolute atomic E-state index is 0.190. The molecule has 1 aromatic rings. The number of carboxylic acids is 1. The van der Waals surface area contributed by atoms with Crippen molar-refractivity contribution in [3.05, 3.63) is 41.5 Å². The summed E-state index contributed by atoms with van der Waals surface area (Å²) in [4.78, 5) is 21.7. The molecule has 0 atom stereocenters. The molecule has 0 bridgehead atoms. The number of rotatable bonds is 8. The molecule has 0 aliphatic carbocycles. The van der Waals surface area contributed by atoms with E-state index in [1.807, 2.05) is 6.07 Å². The lowest BCUT2D eigenvalue weighted by atomic mass is 9.98. The molecule has 0 aromatic heterocycles. The highest BCUT2D eigenvalue weighted by Crippen LogP contribution is 2.16. The average molecular weight is 261 g/mol. The lowest BCUT2D eigenvalue weighted by Gasteiger charge is -2.08. The third-order valence-corrected chi connectivity index (χ3v) is 2.97. The van der Waals surface area contributed by atoms with Crippen molar-refractivity contribution >= 4 is 18.0 Å². The first kappa shape index (κ1) is 15.0. The number of hydrogen-bond donors (Lipinski definition) is 2. The number of aryl methyl sites for hydroxylation is 1. The van der Waals surface area contributed by atoms with E-state index in [1.54, 1.807) is 18.2 Å². The van der Waals surface area contributed by atoms with Crippen LogP contribution >= 0.6 is 0 Å². The van der Waals surface area contributed by atoms with Crippen LogP contribution in [0.2, 0.25) is 0 Å². The topological polar surface area (TPSA) is 80.4 Å². The van der Waals surface area contributed by atoms with Gasteiger partial charge in [-0.3, -0.25) is 9.59 Å². The molecule has 4 nitrogen and oxygen atoms in total. The van der Waals surface area contributed by atoms with Crippen molar-refractivity contribution in [2.45, 2.75) is 32.1 Å². The third kappa shape index (κ3) is 4.95. The maximum absolute atomic E-state index is 11.3. The van der Waals surface area contributed by atoms with Crippen LogP contribution in [0.3, 0.4) is 0 Å². The number of unbranched alkanes of at least 4 members (excludes halogenated alkanes) is 2. The predicted molar refractivity (Wildman–Crippen MR) is 74.9 cm³/mol. The number of nitrogens with two attached hydrogens (primary N) is 1. The Balaban J connectivity index is 2.62. The molecule has 1 amide bonds. The average Bonchev–Trinajstić information content (AvgIpc) is 2.37. The van der Waals surface area contributed by atoms with Gasteiger partial charge in [-0.25, -0.2) is 0 Å². The van der Waals surface area contributed by atoms with Gasteiger partial charge in [0.2, 0.25) is 5.91 Å². The van der Waals surface area contributed by atoms with E-state index < -0.39 is 11.9 Å². The fraction of sp³-hybridized carbons (Fsp3) is 0.333. The molecule has 19 heavy (non-hydrogen) atoms. The van der Waals surface area contributed by atoms with Crippen molar-refractivity contribution in [1.29, 1.82) is 0 Å². The first-order chi connectivity index (χ1) is 9.04. The molecule has 102 valence electrons. The van der Waals surface area contributed by atoms with Gasteiger partial charge in [-0.15, -0.1) is 0 Å². The van der Waals surface area contributed by atoms with Crippen molar-refractivity contribution in [3.63, 3.8) is 0 Å². The van der Waals surface area contributed by atoms with E-state index in [-0.39, 0.29) is 6.42 Å². The Hall–Kier alpha value is -2.10. The Labute approximate surface area is 112 Å². The molecular weight excluding hydrogens is 242 g/mol. The highest BCUT2D eigenvalue weighted by atomic mass is 16.4. The Morgan fingerprint density at radius 1 is 1.26 bits per heavy atom. The van der Waals surface area contributed by atoms with Gasteiger partial charge in [0, 0.05) is 12.0 Å². The number of hydrogen-bond acceptors (Lipinski definition) is 2. The molecule has 0 saturated heterocycles. The number of carboxylic acid groups (broad SMARTS) is 1. The number of amides is 1. The van der Waals surface area contributed by atoms with Crippen molar-refractivity contribution in [2.24, 2.45) is 5.73 Å². The highest BCUT2D eigenvalue weighted by Gasteiger charge is 2.08. The number of carbonyl (C=O) groups excluding carboxylic acids is 1. The van der Waals surface area contributed by atoms with E-state index in [4.69, 9.17) is 10.8 Å². The molecule has 0 spiro atoms. The number of carbonyl (C=O) groups is 2. The van der Waals surface area contributed by atoms with Crippen molar-refractivity contribution in [3.8, 4) is 0 Å². The Bertz CT molecular complexity index is 480. The van der Waals surface area contributed by atoms with Gasteiger partial charge in [-0.1, -0.05) is 31.2 Å². The van der Waals surface area contributed by atoms with E-state index in [0.29, 0.717) is 12.0 Å². The van der Waals surface area contributed by atoms with E-state index in [9.17, 15) is 9.59 Å². The standard InChI is InChI=1S/C15H19NO3/c1-2-11-8-9-13(15(16)19)12(10-11)6-4-3-5-7-14(17)18/h2,8-10H,1,3-7H2,(H2,16,19)(H,17,18). The Kier molecular flexibility index (Phi) is 5.79. The van der Waals surface area contributed by atoms with Gasteiger partial charge in [-0.2, -0.15) is 0 Å². The maximum Gasteiger partial charge on any atom is 0.303 e. The maximum atomic E-state index is 11.3. The molecule has 0 aliphatic heterocycles. The fourth-order valence-electron chi connectivity index (χ4n) is 1.96. The van der Waals surface area contributed by atoms with Crippen LogP contribution in [-0.4, -0.2) is 17.0 Å². The van der Waals surface area contributed by atoms with Crippen molar-refractivity contribution < 1.29 is 14.7 Å². The SMILES string of the molecule is C=Cc1ccc(C(N)=O)c(CCCCCC(=O)O)c1. The second-order valence-electron chi connectivity index (χ2n) is 4.44. The molecular formula is C15H19NO3. The van der Waals surface area contributed by atoms with E-state index >= 15 is 0 Å². The summed E-state index contributed by atoms with van der Waals surface area (Å²) in [7, 11) is 0. The van der Waals surface area contributed by atoms with Crippen LogP contribution in [0.25, 0.3) is 6.08 Å². The van der Waals surface area contributed by atoms with Crippen LogP contribution in [0.15, 0.2) is 24.8 Å². The number of aliphatic carboxylic acids is 1. The first-order valence-corrected chi connectivity index (χ1v) is 6.31. The van der Waals surface area contributed by atoms with Gasteiger partial charge in [0.25, 0.3) is 0 Å². The van der Waals surface area contributed by atoms with Crippen molar-refractivity contribution in [1.82, 2.24) is 0 Å².